The van der Waals surface area contributed by atoms with E-state index in [-0.39, 0.29) is 24.0 Å². The summed E-state index contributed by atoms with van der Waals surface area (Å²) in [6, 6.07) is 14.7. The molecule has 2 aromatic rings. The lowest BCUT2D eigenvalue weighted by atomic mass is 10.1. The first-order chi connectivity index (χ1) is 12.8. The molecular weight excluding hydrogens is 473 g/mol. The molecule has 1 aromatic carbocycles. The van der Waals surface area contributed by atoms with Crippen LogP contribution in [0, 0.1) is 0 Å². The summed E-state index contributed by atoms with van der Waals surface area (Å²) >= 11 is 6.26. The summed E-state index contributed by atoms with van der Waals surface area (Å²) in [5.41, 5.74) is 1.37. The fourth-order valence-electron chi connectivity index (χ4n) is 3.21. The molecule has 1 unspecified atom stereocenters. The van der Waals surface area contributed by atoms with Gasteiger partial charge < -0.3 is 15.5 Å². The predicted molar refractivity (Wildman–Crippen MR) is 125 cm³/mol. The van der Waals surface area contributed by atoms with Crippen molar-refractivity contribution in [3.8, 4) is 0 Å². The smallest absolute Gasteiger partial charge is 0.191 e. The quantitative estimate of drug-likeness (QED) is 0.275. The molecule has 0 aliphatic carbocycles. The van der Waals surface area contributed by atoms with Crippen LogP contribution in [0.2, 0.25) is 5.02 Å². The molecule has 7 heteroatoms. The summed E-state index contributed by atoms with van der Waals surface area (Å²) in [5.74, 6) is 1.72. The first kappa shape index (κ1) is 21.8. The average Bonchev–Trinajstić information content (AvgIpc) is 3.13. The van der Waals surface area contributed by atoms with E-state index in [1.54, 1.807) is 6.20 Å². The van der Waals surface area contributed by atoms with Crippen LogP contribution in [0.25, 0.3) is 0 Å². The number of aryl methyl sites for hydroxylation is 1. The van der Waals surface area contributed by atoms with Gasteiger partial charge in [0.05, 0.1) is 5.02 Å². The van der Waals surface area contributed by atoms with E-state index < -0.39 is 0 Å². The maximum Gasteiger partial charge on any atom is 0.191 e. The lowest BCUT2D eigenvalue weighted by Gasteiger charge is -2.20. The van der Waals surface area contributed by atoms with E-state index in [9.17, 15) is 0 Å². The van der Waals surface area contributed by atoms with Gasteiger partial charge in [0.25, 0.3) is 0 Å². The largest absolute Gasteiger partial charge is 0.356 e. The van der Waals surface area contributed by atoms with Gasteiger partial charge in [-0.15, -0.1) is 24.0 Å². The Bertz CT molecular complexity index is 725. The number of aromatic nitrogens is 1. The van der Waals surface area contributed by atoms with Crippen molar-refractivity contribution in [2.24, 2.45) is 4.99 Å². The molecule has 1 atom stereocenters. The highest BCUT2D eigenvalue weighted by molar-refractivity contribution is 14.0. The van der Waals surface area contributed by atoms with Gasteiger partial charge in [-0.2, -0.15) is 0 Å². The second-order valence-corrected chi connectivity index (χ2v) is 6.88. The first-order valence-corrected chi connectivity index (χ1v) is 9.50. The third-order valence-electron chi connectivity index (χ3n) is 4.57. The van der Waals surface area contributed by atoms with Gasteiger partial charge >= 0.3 is 0 Å². The number of nitrogens with zero attached hydrogens (tertiary/aromatic N) is 3. The molecule has 0 radical (unpaired) electrons. The maximum absolute atomic E-state index is 6.26. The number of aliphatic imine (C=N–C) groups is 1. The van der Waals surface area contributed by atoms with Crippen LogP contribution in [0.4, 0.5) is 5.82 Å². The van der Waals surface area contributed by atoms with E-state index in [0.29, 0.717) is 11.1 Å². The first-order valence-electron chi connectivity index (χ1n) is 9.13. The summed E-state index contributed by atoms with van der Waals surface area (Å²) in [7, 11) is 1.81. The van der Waals surface area contributed by atoms with Crippen molar-refractivity contribution in [1.29, 1.82) is 0 Å². The SMILES string of the molecule is CN=C(NCCCc1ccccc1)NC1CCN(c2ncccc2Cl)C1.I. The highest BCUT2D eigenvalue weighted by atomic mass is 127. The molecule has 0 saturated carbocycles. The van der Waals surface area contributed by atoms with Crippen LogP contribution in [-0.2, 0) is 6.42 Å². The third kappa shape index (κ3) is 6.53. The maximum atomic E-state index is 6.26. The zero-order valence-corrected chi connectivity index (χ0v) is 18.7. The standard InChI is InChI=1S/C20H26ClN5.HI/c1-22-20(24-13-5-9-16-7-3-2-4-8-16)25-17-11-14-26(15-17)19-18(21)10-6-12-23-19;/h2-4,6-8,10,12,17H,5,9,11,13-15H2,1H3,(H2,22,24,25);1H. The Labute approximate surface area is 183 Å². The van der Waals surface area contributed by atoms with Crippen molar-refractivity contribution >= 4 is 47.4 Å². The van der Waals surface area contributed by atoms with Crippen LogP contribution >= 0.6 is 35.6 Å². The number of pyridine rings is 1. The van der Waals surface area contributed by atoms with Gasteiger partial charge in [-0.3, -0.25) is 4.99 Å². The molecule has 1 aliphatic heterocycles. The summed E-state index contributed by atoms with van der Waals surface area (Å²) in [4.78, 5) is 11.0. The Kier molecular flexibility index (Phi) is 9.14. The number of nitrogens with one attached hydrogen (secondary N) is 2. The Morgan fingerprint density at radius 3 is 2.81 bits per heavy atom. The molecule has 1 fully saturated rings. The monoisotopic (exact) mass is 499 g/mol. The van der Waals surface area contributed by atoms with Crippen LogP contribution in [0.5, 0.6) is 0 Å². The topological polar surface area (TPSA) is 52.6 Å². The molecule has 27 heavy (non-hydrogen) atoms. The average molecular weight is 500 g/mol. The van der Waals surface area contributed by atoms with Gasteiger partial charge in [-0.05, 0) is 37.0 Å². The van der Waals surface area contributed by atoms with Gasteiger partial charge in [-0.25, -0.2) is 4.98 Å². The van der Waals surface area contributed by atoms with E-state index in [0.717, 1.165) is 50.7 Å². The number of rotatable bonds is 6. The summed E-state index contributed by atoms with van der Waals surface area (Å²) < 4.78 is 0. The third-order valence-corrected chi connectivity index (χ3v) is 4.86. The van der Waals surface area contributed by atoms with Crippen molar-refractivity contribution in [1.82, 2.24) is 15.6 Å². The Balaban J connectivity index is 0.00000261. The normalized spacial score (nSPS) is 16.7. The molecule has 1 aliphatic rings. The lowest BCUT2D eigenvalue weighted by molar-refractivity contribution is 0.642. The minimum atomic E-state index is 0. The second-order valence-electron chi connectivity index (χ2n) is 6.47. The van der Waals surface area contributed by atoms with Crippen LogP contribution in [0.15, 0.2) is 53.7 Å². The van der Waals surface area contributed by atoms with Crippen molar-refractivity contribution in [2.45, 2.75) is 25.3 Å². The van der Waals surface area contributed by atoms with Crippen molar-refractivity contribution in [3.05, 3.63) is 59.2 Å². The van der Waals surface area contributed by atoms with E-state index in [4.69, 9.17) is 11.6 Å². The fourth-order valence-corrected chi connectivity index (χ4v) is 3.45. The van der Waals surface area contributed by atoms with E-state index in [1.807, 2.05) is 19.2 Å². The molecule has 0 bridgehead atoms. The van der Waals surface area contributed by atoms with Crippen LogP contribution < -0.4 is 15.5 Å². The van der Waals surface area contributed by atoms with Gasteiger partial charge in [0, 0.05) is 38.9 Å². The molecular formula is C20H27ClIN5. The summed E-state index contributed by atoms with van der Waals surface area (Å²) in [6.45, 7) is 2.72. The van der Waals surface area contributed by atoms with Gasteiger partial charge in [-0.1, -0.05) is 41.9 Å². The van der Waals surface area contributed by atoms with Gasteiger partial charge in [0.1, 0.15) is 5.82 Å². The Morgan fingerprint density at radius 1 is 1.26 bits per heavy atom. The zero-order valence-electron chi connectivity index (χ0n) is 15.6. The number of anilines is 1. The molecule has 1 aromatic heterocycles. The predicted octanol–water partition coefficient (Wildman–Crippen LogP) is 3.73. The zero-order chi connectivity index (χ0) is 18.2. The minimum Gasteiger partial charge on any atom is -0.356 e. The number of benzene rings is 1. The number of halogens is 2. The van der Waals surface area contributed by atoms with E-state index in [1.165, 1.54) is 5.56 Å². The Hall–Kier alpha value is -1.54. The molecule has 2 heterocycles. The van der Waals surface area contributed by atoms with Crippen LogP contribution in [-0.4, -0.2) is 43.7 Å². The molecule has 0 amide bonds. The summed E-state index contributed by atoms with van der Waals surface area (Å²) in [6.07, 6.45) is 4.97. The van der Waals surface area contributed by atoms with Crippen molar-refractivity contribution in [2.75, 3.05) is 31.6 Å². The second kappa shape index (κ2) is 11.3. The fraction of sp³-hybridized carbons (Fsp3) is 0.400. The molecule has 0 spiro atoms. The molecule has 1 saturated heterocycles. The number of guanidine groups is 1. The van der Waals surface area contributed by atoms with E-state index >= 15 is 0 Å². The highest BCUT2D eigenvalue weighted by Crippen LogP contribution is 2.25. The van der Waals surface area contributed by atoms with Crippen LogP contribution in [0.1, 0.15) is 18.4 Å². The summed E-state index contributed by atoms with van der Waals surface area (Å²) in [5, 5.41) is 7.63. The van der Waals surface area contributed by atoms with Crippen molar-refractivity contribution in [3.63, 3.8) is 0 Å². The molecule has 2 N–H and O–H groups in total. The van der Waals surface area contributed by atoms with Crippen LogP contribution in [0.3, 0.4) is 0 Å². The van der Waals surface area contributed by atoms with Crippen molar-refractivity contribution < 1.29 is 0 Å². The molecule has 146 valence electrons. The Morgan fingerprint density at radius 2 is 2.07 bits per heavy atom. The van der Waals surface area contributed by atoms with Gasteiger partial charge in [0.15, 0.2) is 5.96 Å². The lowest BCUT2D eigenvalue weighted by Crippen LogP contribution is -2.45. The minimum absolute atomic E-state index is 0. The highest BCUT2D eigenvalue weighted by Gasteiger charge is 2.25. The molecule has 3 rings (SSSR count). The number of hydrogen-bond acceptors (Lipinski definition) is 3. The van der Waals surface area contributed by atoms with Gasteiger partial charge in [0.2, 0.25) is 0 Å². The number of hydrogen-bond donors (Lipinski definition) is 2. The molecule has 5 nitrogen and oxygen atoms in total. The van der Waals surface area contributed by atoms with E-state index in [2.05, 4.69) is 55.8 Å².